The second kappa shape index (κ2) is 18.2. The van der Waals surface area contributed by atoms with Gasteiger partial charge in [0.15, 0.2) is 0 Å². The van der Waals surface area contributed by atoms with Crippen LogP contribution in [-0.2, 0) is 14.4 Å². The third kappa shape index (κ3) is 18.7. The number of aliphatic carboxylic acids is 1. The maximum Gasteiger partial charge on any atom is 0.322 e. The van der Waals surface area contributed by atoms with Crippen molar-refractivity contribution in [3.05, 3.63) is 0 Å². The fourth-order valence-electron chi connectivity index (χ4n) is 2.76. The van der Waals surface area contributed by atoms with E-state index in [0.29, 0.717) is 12.8 Å². The fourth-order valence-corrected chi connectivity index (χ4v) is 2.76. The molecule has 0 fully saturated rings. The molecule has 0 rings (SSSR count). The van der Waals surface area contributed by atoms with Crippen molar-refractivity contribution in [3.8, 4) is 0 Å². The molecule has 0 aliphatic heterocycles. The third-order valence-corrected chi connectivity index (χ3v) is 4.35. The maximum atomic E-state index is 11.6. The lowest BCUT2D eigenvalue weighted by Gasteiger charge is -2.05. The van der Waals surface area contributed by atoms with Gasteiger partial charge in [-0.05, 0) is 19.3 Å². The molecular weight excluding hydrogens is 332 g/mol. The maximum absolute atomic E-state index is 11.6. The lowest BCUT2D eigenvalue weighted by Crippen LogP contribution is -2.28. The van der Waals surface area contributed by atoms with Crippen molar-refractivity contribution < 1.29 is 19.5 Å². The van der Waals surface area contributed by atoms with Crippen molar-refractivity contribution >= 4 is 17.8 Å². The molecule has 0 saturated carbocycles. The molecule has 3 N–H and O–H groups in total. The van der Waals surface area contributed by atoms with Crippen LogP contribution < -0.4 is 10.6 Å². The standard InChI is InChI=1S/C20H38N2O4/c1-2-3-4-13-16-21-18(23)14-11-9-7-5-6-8-10-12-15-19(24)22-17-20(25)26/h2-17H2,1H3,(H,21,23)(H,22,24)(H,25,26). The molecule has 0 aliphatic carbocycles. The molecular formula is C20H38N2O4. The Morgan fingerprint density at radius 2 is 1.12 bits per heavy atom. The number of hydrogen-bond donors (Lipinski definition) is 3. The number of amides is 2. The van der Waals surface area contributed by atoms with E-state index < -0.39 is 5.97 Å². The Morgan fingerprint density at radius 1 is 0.654 bits per heavy atom. The van der Waals surface area contributed by atoms with E-state index in [-0.39, 0.29) is 18.4 Å². The SMILES string of the molecule is CCCCCCNC(=O)CCCCCCCCCCC(=O)NCC(=O)O. The number of carboxylic acid groups (broad SMARTS) is 1. The van der Waals surface area contributed by atoms with E-state index >= 15 is 0 Å². The molecule has 0 atom stereocenters. The van der Waals surface area contributed by atoms with Crippen molar-refractivity contribution in [2.75, 3.05) is 13.1 Å². The molecule has 6 heteroatoms. The zero-order valence-electron chi connectivity index (χ0n) is 16.5. The summed E-state index contributed by atoms with van der Waals surface area (Å²) in [6.45, 7) is 2.70. The first kappa shape index (κ1) is 24.4. The molecule has 0 bridgehead atoms. The van der Waals surface area contributed by atoms with E-state index in [1.54, 1.807) is 0 Å². The summed E-state index contributed by atoms with van der Waals surface area (Å²) in [7, 11) is 0. The van der Waals surface area contributed by atoms with Gasteiger partial charge in [-0.2, -0.15) is 0 Å². The summed E-state index contributed by atoms with van der Waals surface area (Å²) < 4.78 is 0. The van der Waals surface area contributed by atoms with Gasteiger partial charge in [0.2, 0.25) is 11.8 Å². The van der Waals surface area contributed by atoms with E-state index in [0.717, 1.165) is 57.9 Å². The number of nitrogens with one attached hydrogen (secondary N) is 2. The summed E-state index contributed by atoms with van der Waals surface area (Å²) in [5, 5.41) is 13.8. The molecule has 0 unspecified atom stereocenters. The zero-order valence-corrected chi connectivity index (χ0v) is 16.5. The van der Waals surface area contributed by atoms with Gasteiger partial charge < -0.3 is 15.7 Å². The van der Waals surface area contributed by atoms with Crippen molar-refractivity contribution in [1.82, 2.24) is 10.6 Å². The Kier molecular flexibility index (Phi) is 17.1. The van der Waals surface area contributed by atoms with Crippen LogP contribution in [0.2, 0.25) is 0 Å². The van der Waals surface area contributed by atoms with Crippen LogP contribution >= 0.6 is 0 Å². The quantitative estimate of drug-likeness (QED) is 0.320. The van der Waals surface area contributed by atoms with E-state index in [2.05, 4.69) is 17.6 Å². The first-order valence-corrected chi connectivity index (χ1v) is 10.3. The Hall–Kier alpha value is -1.59. The molecule has 0 aromatic heterocycles. The van der Waals surface area contributed by atoms with Crippen LogP contribution in [0.4, 0.5) is 0 Å². The van der Waals surface area contributed by atoms with E-state index in [9.17, 15) is 14.4 Å². The van der Waals surface area contributed by atoms with Crippen LogP contribution in [0.15, 0.2) is 0 Å². The number of unbranched alkanes of at least 4 members (excludes halogenated alkanes) is 10. The smallest absolute Gasteiger partial charge is 0.322 e. The fraction of sp³-hybridized carbons (Fsp3) is 0.850. The van der Waals surface area contributed by atoms with Gasteiger partial charge >= 0.3 is 5.97 Å². The van der Waals surface area contributed by atoms with Crippen LogP contribution in [-0.4, -0.2) is 36.0 Å². The lowest BCUT2D eigenvalue weighted by atomic mass is 10.1. The van der Waals surface area contributed by atoms with Crippen LogP contribution in [0.25, 0.3) is 0 Å². The molecule has 0 spiro atoms. The van der Waals surface area contributed by atoms with Crippen LogP contribution in [0.1, 0.15) is 96.8 Å². The summed E-state index contributed by atoms with van der Waals surface area (Å²) in [5.41, 5.74) is 0. The van der Waals surface area contributed by atoms with Gasteiger partial charge in [0.25, 0.3) is 0 Å². The molecule has 0 heterocycles. The van der Waals surface area contributed by atoms with E-state index in [1.807, 2.05) is 0 Å². The highest BCUT2D eigenvalue weighted by molar-refractivity contribution is 5.80. The van der Waals surface area contributed by atoms with Crippen molar-refractivity contribution in [2.24, 2.45) is 0 Å². The van der Waals surface area contributed by atoms with Crippen LogP contribution in [0.3, 0.4) is 0 Å². The van der Waals surface area contributed by atoms with E-state index in [4.69, 9.17) is 5.11 Å². The summed E-state index contributed by atoms with van der Waals surface area (Å²) in [6.07, 6.45) is 14.2. The minimum atomic E-state index is -1.01. The number of rotatable bonds is 18. The zero-order chi connectivity index (χ0) is 19.5. The monoisotopic (exact) mass is 370 g/mol. The molecule has 152 valence electrons. The Morgan fingerprint density at radius 3 is 1.62 bits per heavy atom. The predicted octanol–water partition coefficient (Wildman–Crippen LogP) is 3.78. The molecule has 0 aromatic rings. The minimum absolute atomic E-state index is 0.183. The van der Waals surface area contributed by atoms with Gasteiger partial charge in [0.1, 0.15) is 6.54 Å². The molecule has 26 heavy (non-hydrogen) atoms. The molecule has 0 radical (unpaired) electrons. The van der Waals surface area contributed by atoms with Gasteiger partial charge in [-0.25, -0.2) is 0 Å². The summed E-state index contributed by atoms with van der Waals surface area (Å²) in [4.78, 5) is 33.3. The van der Waals surface area contributed by atoms with Gasteiger partial charge in [-0.3, -0.25) is 14.4 Å². The molecule has 0 aromatic carbocycles. The van der Waals surface area contributed by atoms with Crippen LogP contribution in [0.5, 0.6) is 0 Å². The predicted molar refractivity (Wildman–Crippen MR) is 104 cm³/mol. The number of carboxylic acids is 1. The second-order valence-electron chi connectivity index (χ2n) is 6.91. The first-order chi connectivity index (χ1) is 12.6. The topological polar surface area (TPSA) is 95.5 Å². The van der Waals surface area contributed by atoms with Crippen molar-refractivity contribution in [1.29, 1.82) is 0 Å². The van der Waals surface area contributed by atoms with Gasteiger partial charge in [-0.15, -0.1) is 0 Å². The Bertz CT molecular complexity index is 386. The second-order valence-corrected chi connectivity index (χ2v) is 6.91. The average molecular weight is 371 g/mol. The normalized spacial score (nSPS) is 10.5. The highest BCUT2D eigenvalue weighted by Gasteiger charge is 2.03. The van der Waals surface area contributed by atoms with Crippen molar-refractivity contribution in [2.45, 2.75) is 96.8 Å². The average Bonchev–Trinajstić information content (AvgIpc) is 2.61. The van der Waals surface area contributed by atoms with Gasteiger partial charge in [0, 0.05) is 19.4 Å². The summed E-state index contributed by atoms with van der Waals surface area (Å²) in [6, 6.07) is 0. The molecule has 2 amide bonds. The third-order valence-electron chi connectivity index (χ3n) is 4.35. The highest BCUT2D eigenvalue weighted by Crippen LogP contribution is 2.10. The largest absolute Gasteiger partial charge is 0.480 e. The number of hydrogen-bond acceptors (Lipinski definition) is 3. The minimum Gasteiger partial charge on any atom is -0.480 e. The first-order valence-electron chi connectivity index (χ1n) is 10.3. The molecule has 0 saturated heterocycles. The summed E-state index contributed by atoms with van der Waals surface area (Å²) >= 11 is 0. The highest BCUT2D eigenvalue weighted by atomic mass is 16.4. The van der Waals surface area contributed by atoms with Gasteiger partial charge in [0.05, 0.1) is 0 Å². The van der Waals surface area contributed by atoms with Gasteiger partial charge in [-0.1, -0.05) is 64.7 Å². The Labute approximate surface area is 158 Å². The Balaban J connectivity index is 3.25. The van der Waals surface area contributed by atoms with E-state index in [1.165, 1.54) is 25.7 Å². The lowest BCUT2D eigenvalue weighted by molar-refractivity contribution is -0.138. The molecule has 6 nitrogen and oxygen atoms in total. The molecule has 0 aliphatic rings. The number of carbonyl (C=O) groups excluding carboxylic acids is 2. The number of carbonyl (C=O) groups is 3. The summed E-state index contributed by atoms with van der Waals surface area (Å²) in [5.74, 6) is -1.01. The van der Waals surface area contributed by atoms with Crippen LogP contribution in [0, 0.1) is 0 Å². The van der Waals surface area contributed by atoms with Crippen molar-refractivity contribution in [3.63, 3.8) is 0 Å².